The van der Waals surface area contributed by atoms with Crippen molar-refractivity contribution >= 4 is 41.7 Å². The summed E-state index contributed by atoms with van der Waals surface area (Å²) in [4.78, 5) is 36.9. The van der Waals surface area contributed by atoms with E-state index in [2.05, 4.69) is 5.32 Å². The van der Waals surface area contributed by atoms with Gasteiger partial charge in [0.2, 0.25) is 0 Å². The standard InChI is InChI=1S/C22H22ClFN2O5.ClH/c1-11(27)12-5-7-17-14(8-12)19(20(22(2,3)31-17)30-18(28)10-25)26-21(29)13-4-6-16(24)15(23)9-13;/h4-9,19-20H,10,25H2,1-3H3,(H,26,29);1H/t19-,20+;/m1./s1. The number of carbonyl (C=O) groups excluding carboxylic acids is 3. The van der Waals surface area contributed by atoms with Crippen LogP contribution in [0.5, 0.6) is 5.75 Å². The lowest BCUT2D eigenvalue weighted by atomic mass is 9.85. The summed E-state index contributed by atoms with van der Waals surface area (Å²) < 4.78 is 25.0. The van der Waals surface area contributed by atoms with Gasteiger partial charge in [-0.25, -0.2) is 4.39 Å². The molecule has 1 aliphatic heterocycles. The van der Waals surface area contributed by atoms with E-state index in [0.717, 1.165) is 6.07 Å². The number of fused-ring (bicyclic) bond motifs is 1. The maximum atomic E-state index is 13.5. The smallest absolute Gasteiger partial charge is 0.320 e. The van der Waals surface area contributed by atoms with Crippen molar-refractivity contribution in [2.45, 2.75) is 38.5 Å². The van der Waals surface area contributed by atoms with Gasteiger partial charge in [0.15, 0.2) is 11.9 Å². The van der Waals surface area contributed by atoms with Crippen LogP contribution in [0.4, 0.5) is 4.39 Å². The van der Waals surface area contributed by atoms with E-state index in [9.17, 15) is 18.8 Å². The summed E-state index contributed by atoms with van der Waals surface area (Å²) in [6.45, 7) is 4.46. The molecule has 2 aromatic carbocycles. The number of amides is 1. The molecule has 2 atom stereocenters. The van der Waals surface area contributed by atoms with Crippen LogP contribution in [-0.4, -0.2) is 35.9 Å². The second kappa shape index (κ2) is 9.85. The molecule has 1 aliphatic rings. The maximum absolute atomic E-state index is 13.5. The van der Waals surface area contributed by atoms with Crippen molar-refractivity contribution < 1.29 is 28.2 Å². The monoisotopic (exact) mass is 484 g/mol. The Bertz CT molecular complexity index is 1060. The largest absolute Gasteiger partial charge is 0.484 e. The maximum Gasteiger partial charge on any atom is 0.320 e. The van der Waals surface area contributed by atoms with Crippen LogP contribution < -0.4 is 15.8 Å². The Hall–Kier alpha value is -2.68. The highest BCUT2D eigenvalue weighted by molar-refractivity contribution is 6.31. The number of hydrogen-bond acceptors (Lipinski definition) is 6. The molecule has 10 heteroatoms. The zero-order chi connectivity index (χ0) is 22.9. The number of nitrogens with one attached hydrogen (secondary N) is 1. The molecule has 0 saturated carbocycles. The van der Waals surface area contributed by atoms with E-state index >= 15 is 0 Å². The molecular formula is C22H23Cl2FN2O5. The number of carbonyl (C=O) groups is 3. The van der Waals surface area contributed by atoms with Crippen molar-refractivity contribution in [2.75, 3.05) is 6.54 Å². The molecule has 1 heterocycles. The molecule has 0 fully saturated rings. The molecule has 0 radical (unpaired) electrons. The molecule has 32 heavy (non-hydrogen) atoms. The Morgan fingerprint density at radius 3 is 2.44 bits per heavy atom. The molecule has 2 aromatic rings. The molecule has 3 N–H and O–H groups in total. The van der Waals surface area contributed by atoms with E-state index in [4.69, 9.17) is 26.8 Å². The third kappa shape index (κ3) is 5.20. The first-order valence-corrected chi connectivity index (χ1v) is 9.90. The highest BCUT2D eigenvalue weighted by Crippen LogP contribution is 2.42. The second-order valence-electron chi connectivity index (χ2n) is 7.71. The fourth-order valence-corrected chi connectivity index (χ4v) is 3.60. The Balaban J connectivity index is 0.00000363. The van der Waals surface area contributed by atoms with Gasteiger partial charge in [-0.1, -0.05) is 11.6 Å². The number of hydrogen-bond donors (Lipinski definition) is 2. The van der Waals surface area contributed by atoms with E-state index in [0.29, 0.717) is 16.9 Å². The molecule has 0 saturated heterocycles. The van der Waals surface area contributed by atoms with Crippen molar-refractivity contribution in [1.82, 2.24) is 5.32 Å². The minimum atomic E-state index is -1.03. The summed E-state index contributed by atoms with van der Waals surface area (Å²) in [5, 5.41) is 2.61. The molecule has 0 unspecified atom stereocenters. The van der Waals surface area contributed by atoms with Gasteiger partial charge in [0.25, 0.3) is 5.91 Å². The Labute approximate surface area is 195 Å². The quantitative estimate of drug-likeness (QED) is 0.495. The molecule has 3 rings (SSSR count). The summed E-state index contributed by atoms with van der Waals surface area (Å²) in [5.41, 5.74) is 5.35. The van der Waals surface area contributed by atoms with E-state index in [1.54, 1.807) is 32.0 Å². The van der Waals surface area contributed by atoms with Crippen LogP contribution in [0.15, 0.2) is 36.4 Å². The number of benzene rings is 2. The molecule has 0 spiro atoms. The zero-order valence-electron chi connectivity index (χ0n) is 17.6. The molecule has 172 valence electrons. The number of esters is 1. The molecular weight excluding hydrogens is 462 g/mol. The molecule has 7 nitrogen and oxygen atoms in total. The normalized spacial score (nSPS) is 18.4. The number of ether oxygens (including phenoxy) is 2. The lowest BCUT2D eigenvalue weighted by molar-refractivity contribution is -0.163. The van der Waals surface area contributed by atoms with E-state index in [-0.39, 0.29) is 35.3 Å². The Morgan fingerprint density at radius 2 is 1.84 bits per heavy atom. The number of nitrogens with two attached hydrogens (primary N) is 1. The van der Waals surface area contributed by atoms with Crippen LogP contribution in [0.25, 0.3) is 0 Å². The first-order chi connectivity index (χ1) is 14.5. The summed E-state index contributed by atoms with van der Waals surface area (Å²) >= 11 is 5.80. The van der Waals surface area contributed by atoms with Gasteiger partial charge in [0.05, 0.1) is 17.6 Å². The molecule has 0 bridgehead atoms. The average molecular weight is 485 g/mol. The van der Waals surface area contributed by atoms with Crippen LogP contribution >= 0.6 is 24.0 Å². The summed E-state index contributed by atoms with van der Waals surface area (Å²) in [5.74, 6) is -1.66. The number of rotatable bonds is 5. The summed E-state index contributed by atoms with van der Waals surface area (Å²) in [7, 11) is 0. The predicted molar refractivity (Wildman–Crippen MR) is 119 cm³/mol. The molecule has 0 aromatic heterocycles. The lowest BCUT2D eigenvalue weighted by Gasteiger charge is -2.44. The minimum absolute atomic E-state index is 0. The third-order valence-corrected chi connectivity index (χ3v) is 5.30. The van der Waals surface area contributed by atoms with Crippen molar-refractivity contribution in [2.24, 2.45) is 5.73 Å². The first-order valence-electron chi connectivity index (χ1n) is 9.53. The fourth-order valence-electron chi connectivity index (χ4n) is 3.42. The van der Waals surface area contributed by atoms with Gasteiger partial charge in [-0.3, -0.25) is 14.4 Å². The lowest BCUT2D eigenvalue weighted by Crippen LogP contribution is -2.55. The van der Waals surface area contributed by atoms with E-state index in [1.807, 2.05) is 0 Å². The molecule has 1 amide bonds. The van der Waals surface area contributed by atoms with Crippen LogP contribution in [-0.2, 0) is 9.53 Å². The highest BCUT2D eigenvalue weighted by atomic mass is 35.5. The first kappa shape index (κ1) is 25.6. The average Bonchev–Trinajstić information content (AvgIpc) is 2.71. The third-order valence-electron chi connectivity index (χ3n) is 5.01. The van der Waals surface area contributed by atoms with Gasteiger partial charge in [-0.2, -0.15) is 0 Å². The highest BCUT2D eigenvalue weighted by Gasteiger charge is 2.47. The SMILES string of the molecule is CC(=O)c1ccc2c(c1)[C@@H](NC(=O)c1ccc(F)c(Cl)c1)[C@H](OC(=O)CN)C(C)(C)O2.Cl. The van der Waals surface area contributed by atoms with Crippen molar-refractivity contribution in [1.29, 1.82) is 0 Å². The summed E-state index contributed by atoms with van der Waals surface area (Å²) in [6.07, 6.45) is -0.960. The van der Waals surface area contributed by atoms with Gasteiger partial charge in [-0.15, -0.1) is 12.4 Å². The minimum Gasteiger partial charge on any atom is -0.484 e. The fraction of sp³-hybridized carbons (Fsp3) is 0.318. The topological polar surface area (TPSA) is 108 Å². The Morgan fingerprint density at radius 1 is 1.19 bits per heavy atom. The van der Waals surface area contributed by atoms with Gasteiger partial charge in [0.1, 0.15) is 17.2 Å². The van der Waals surface area contributed by atoms with Gasteiger partial charge < -0.3 is 20.5 Å². The van der Waals surface area contributed by atoms with Crippen LogP contribution in [0, 0.1) is 5.82 Å². The summed E-state index contributed by atoms with van der Waals surface area (Å²) in [6, 6.07) is 7.52. The number of halogens is 3. The van der Waals surface area contributed by atoms with Crippen LogP contribution in [0.2, 0.25) is 5.02 Å². The van der Waals surface area contributed by atoms with Crippen molar-refractivity contribution in [3.63, 3.8) is 0 Å². The second-order valence-corrected chi connectivity index (χ2v) is 8.12. The molecule has 0 aliphatic carbocycles. The van der Waals surface area contributed by atoms with Crippen molar-refractivity contribution in [3.8, 4) is 5.75 Å². The number of Topliss-reactive ketones (excluding diaryl/α,β-unsaturated/α-hetero) is 1. The Kier molecular flexibility index (Phi) is 7.88. The van der Waals surface area contributed by atoms with E-state index < -0.39 is 35.4 Å². The predicted octanol–water partition coefficient (Wildman–Crippen LogP) is 3.62. The van der Waals surface area contributed by atoms with Gasteiger partial charge in [0, 0.05) is 16.7 Å². The van der Waals surface area contributed by atoms with Crippen LogP contribution in [0.3, 0.4) is 0 Å². The van der Waals surface area contributed by atoms with Crippen LogP contribution in [0.1, 0.15) is 53.1 Å². The van der Waals surface area contributed by atoms with Crippen molar-refractivity contribution in [3.05, 3.63) is 63.9 Å². The van der Waals surface area contributed by atoms with Gasteiger partial charge >= 0.3 is 5.97 Å². The van der Waals surface area contributed by atoms with E-state index in [1.165, 1.54) is 19.1 Å². The number of ketones is 1. The van der Waals surface area contributed by atoms with Gasteiger partial charge in [-0.05, 0) is 57.2 Å². The zero-order valence-corrected chi connectivity index (χ0v) is 19.2.